The van der Waals surface area contributed by atoms with Crippen LogP contribution in [0.25, 0.3) is 5.69 Å². The maximum atomic E-state index is 14.1. The Labute approximate surface area is 128 Å². The number of piperidine rings is 1. The molecule has 0 radical (unpaired) electrons. The average molecular weight is 302 g/mol. The summed E-state index contributed by atoms with van der Waals surface area (Å²) in [6, 6.07) is 4.97. The third kappa shape index (κ3) is 3.33. The molecule has 1 fully saturated rings. The molecule has 6 heteroatoms. The number of carbonyl (C=O) groups excluding carboxylic acids is 1. The fraction of sp³-hybridized carbons (Fsp3) is 0.375. The van der Waals surface area contributed by atoms with Crippen LogP contribution in [0.3, 0.4) is 0 Å². The molecular weight excluding hydrogens is 283 g/mol. The molecule has 0 spiro atoms. The third-order valence-electron chi connectivity index (χ3n) is 3.93. The van der Waals surface area contributed by atoms with Crippen LogP contribution in [-0.4, -0.2) is 28.5 Å². The van der Waals surface area contributed by atoms with E-state index in [9.17, 15) is 9.18 Å². The zero-order chi connectivity index (χ0) is 15.4. The van der Waals surface area contributed by atoms with Crippen molar-refractivity contribution in [1.29, 1.82) is 0 Å². The van der Waals surface area contributed by atoms with Gasteiger partial charge in [-0.25, -0.2) is 9.37 Å². The normalized spacial score (nSPS) is 18.1. The fourth-order valence-electron chi connectivity index (χ4n) is 2.68. The fourth-order valence-corrected chi connectivity index (χ4v) is 2.68. The van der Waals surface area contributed by atoms with E-state index in [1.165, 1.54) is 6.07 Å². The molecule has 2 N–H and O–H groups in total. The van der Waals surface area contributed by atoms with E-state index in [1.54, 1.807) is 29.4 Å². The molecule has 0 bridgehead atoms. The van der Waals surface area contributed by atoms with Crippen LogP contribution in [-0.2, 0) is 11.3 Å². The molecule has 1 atom stereocenters. The van der Waals surface area contributed by atoms with Gasteiger partial charge in [-0.1, -0.05) is 6.07 Å². The van der Waals surface area contributed by atoms with Gasteiger partial charge in [0.15, 0.2) is 0 Å². The Morgan fingerprint density at radius 2 is 2.41 bits per heavy atom. The maximum Gasteiger partial charge on any atom is 0.224 e. The summed E-state index contributed by atoms with van der Waals surface area (Å²) in [4.78, 5) is 16.0. The molecule has 1 aliphatic rings. The lowest BCUT2D eigenvalue weighted by Crippen LogP contribution is -2.40. The van der Waals surface area contributed by atoms with Gasteiger partial charge in [-0.05, 0) is 37.1 Å². The van der Waals surface area contributed by atoms with Crippen LogP contribution in [0.1, 0.15) is 18.4 Å². The highest BCUT2D eigenvalue weighted by Crippen LogP contribution is 2.15. The van der Waals surface area contributed by atoms with Crippen LogP contribution < -0.4 is 10.6 Å². The van der Waals surface area contributed by atoms with E-state index in [-0.39, 0.29) is 17.6 Å². The minimum absolute atomic E-state index is 0.0174. The predicted octanol–water partition coefficient (Wildman–Crippen LogP) is 1.63. The Hall–Kier alpha value is -2.21. The van der Waals surface area contributed by atoms with Crippen molar-refractivity contribution in [3.8, 4) is 5.69 Å². The van der Waals surface area contributed by atoms with Crippen LogP contribution in [0.2, 0.25) is 0 Å². The Morgan fingerprint density at radius 3 is 3.09 bits per heavy atom. The number of hydrogen-bond acceptors (Lipinski definition) is 3. The first-order chi connectivity index (χ1) is 10.7. The van der Waals surface area contributed by atoms with Gasteiger partial charge >= 0.3 is 0 Å². The lowest BCUT2D eigenvalue weighted by molar-refractivity contribution is -0.125. The van der Waals surface area contributed by atoms with Crippen molar-refractivity contribution in [3.05, 3.63) is 48.3 Å². The summed E-state index contributed by atoms with van der Waals surface area (Å²) in [6.45, 7) is 2.04. The molecule has 0 aliphatic carbocycles. The highest BCUT2D eigenvalue weighted by atomic mass is 19.1. The van der Waals surface area contributed by atoms with Gasteiger partial charge in [-0.3, -0.25) is 4.79 Å². The average Bonchev–Trinajstić information content (AvgIpc) is 3.07. The molecule has 5 nitrogen and oxygen atoms in total. The van der Waals surface area contributed by atoms with Gasteiger partial charge in [-0.15, -0.1) is 0 Å². The quantitative estimate of drug-likeness (QED) is 0.902. The van der Waals surface area contributed by atoms with Crippen LogP contribution in [0, 0.1) is 11.7 Å². The standard InChI is InChI=1S/C16H19FN4O/c17-14-8-12(3-4-15(14)21-7-6-19-11-21)9-20-16(22)13-2-1-5-18-10-13/h3-4,6-8,11,13,18H,1-2,5,9-10H2,(H,20,22). The van der Waals surface area contributed by atoms with Crippen LogP contribution in [0.4, 0.5) is 4.39 Å². The van der Waals surface area contributed by atoms with Crippen molar-refractivity contribution in [2.24, 2.45) is 5.92 Å². The second-order valence-electron chi connectivity index (χ2n) is 5.52. The number of hydrogen-bond donors (Lipinski definition) is 2. The second-order valence-corrected chi connectivity index (χ2v) is 5.52. The van der Waals surface area contributed by atoms with Crippen molar-refractivity contribution in [1.82, 2.24) is 20.2 Å². The number of nitrogens with one attached hydrogen (secondary N) is 2. The minimum atomic E-state index is -0.330. The van der Waals surface area contributed by atoms with Crippen LogP contribution in [0.5, 0.6) is 0 Å². The summed E-state index contributed by atoms with van der Waals surface area (Å²) in [5, 5.41) is 6.10. The summed E-state index contributed by atoms with van der Waals surface area (Å²) in [5.41, 5.74) is 1.20. The smallest absolute Gasteiger partial charge is 0.224 e. The monoisotopic (exact) mass is 302 g/mol. The number of halogens is 1. The Balaban J connectivity index is 1.61. The number of carbonyl (C=O) groups is 1. The number of benzene rings is 1. The van der Waals surface area contributed by atoms with Crippen molar-refractivity contribution < 1.29 is 9.18 Å². The molecule has 116 valence electrons. The first-order valence-corrected chi connectivity index (χ1v) is 7.49. The van der Waals surface area contributed by atoms with Crippen molar-refractivity contribution in [2.45, 2.75) is 19.4 Å². The summed E-state index contributed by atoms with van der Waals surface area (Å²) < 4.78 is 15.7. The number of aromatic nitrogens is 2. The summed E-state index contributed by atoms with van der Waals surface area (Å²) in [6.07, 6.45) is 6.77. The zero-order valence-corrected chi connectivity index (χ0v) is 12.3. The van der Waals surface area contributed by atoms with E-state index in [4.69, 9.17) is 0 Å². The highest BCUT2D eigenvalue weighted by Gasteiger charge is 2.20. The largest absolute Gasteiger partial charge is 0.352 e. The summed E-state index contributed by atoms with van der Waals surface area (Å²) in [5.74, 6) is -0.279. The highest BCUT2D eigenvalue weighted by molar-refractivity contribution is 5.78. The van der Waals surface area contributed by atoms with Gasteiger partial charge in [0.2, 0.25) is 5.91 Å². The Bertz CT molecular complexity index is 636. The second kappa shape index (κ2) is 6.70. The van der Waals surface area contributed by atoms with E-state index < -0.39 is 0 Å². The molecule has 0 saturated carbocycles. The minimum Gasteiger partial charge on any atom is -0.352 e. The molecule has 3 rings (SSSR count). The van der Waals surface area contributed by atoms with Gasteiger partial charge in [0.25, 0.3) is 0 Å². The third-order valence-corrected chi connectivity index (χ3v) is 3.93. The predicted molar refractivity (Wildman–Crippen MR) is 81.0 cm³/mol. The summed E-state index contributed by atoms with van der Waals surface area (Å²) >= 11 is 0. The topological polar surface area (TPSA) is 59.0 Å². The van der Waals surface area contributed by atoms with Gasteiger partial charge in [0.1, 0.15) is 5.82 Å². The zero-order valence-electron chi connectivity index (χ0n) is 12.3. The van der Waals surface area contributed by atoms with E-state index in [0.717, 1.165) is 31.5 Å². The van der Waals surface area contributed by atoms with Gasteiger partial charge < -0.3 is 15.2 Å². The molecular formula is C16H19FN4O. The first-order valence-electron chi connectivity index (χ1n) is 7.49. The van der Waals surface area contributed by atoms with Crippen molar-refractivity contribution in [2.75, 3.05) is 13.1 Å². The first kappa shape index (κ1) is 14.7. The summed E-state index contributed by atoms with van der Waals surface area (Å²) in [7, 11) is 0. The van der Waals surface area contributed by atoms with Crippen molar-refractivity contribution in [3.63, 3.8) is 0 Å². The molecule has 1 aromatic heterocycles. The Kier molecular flexibility index (Phi) is 4.48. The maximum absolute atomic E-state index is 14.1. The molecule has 1 saturated heterocycles. The number of rotatable bonds is 4. The van der Waals surface area contributed by atoms with E-state index in [0.29, 0.717) is 12.2 Å². The Morgan fingerprint density at radius 1 is 1.50 bits per heavy atom. The van der Waals surface area contributed by atoms with Crippen molar-refractivity contribution >= 4 is 5.91 Å². The lowest BCUT2D eigenvalue weighted by atomic mass is 9.99. The molecule has 2 heterocycles. The SMILES string of the molecule is O=C(NCc1ccc(-n2ccnc2)c(F)c1)C1CCCNC1. The molecule has 1 aromatic carbocycles. The molecule has 22 heavy (non-hydrogen) atoms. The number of amides is 1. The van der Waals surface area contributed by atoms with E-state index in [1.807, 2.05) is 6.07 Å². The van der Waals surface area contributed by atoms with Gasteiger partial charge in [0, 0.05) is 25.5 Å². The van der Waals surface area contributed by atoms with Gasteiger partial charge in [0.05, 0.1) is 17.9 Å². The van der Waals surface area contributed by atoms with Crippen LogP contribution in [0.15, 0.2) is 36.9 Å². The molecule has 1 aliphatic heterocycles. The number of nitrogens with zero attached hydrogens (tertiary/aromatic N) is 2. The number of imidazole rings is 1. The lowest BCUT2D eigenvalue weighted by Gasteiger charge is -2.21. The van der Waals surface area contributed by atoms with E-state index >= 15 is 0 Å². The van der Waals surface area contributed by atoms with E-state index in [2.05, 4.69) is 15.6 Å². The molecule has 2 aromatic rings. The molecule has 1 unspecified atom stereocenters. The van der Waals surface area contributed by atoms with Crippen LogP contribution >= 0.6 is 0 Å². The molecule has 1 amide bonds. The van der Waals surface area contributed by atoms with Gasteiger partial charge in [-0.2, -0.15) is 0 Å².